The molecule has 1 aliphatic rings. The summed E-state index contributed by atoms with van der Waals surface area (Å²) in [6, 6.07) is 7.02. The highest BCUT2D eigenvalue weighted by atomic mass is 16.5. The molecule has 0 spiro atoms. The van der Waals surface area contributed by atoms with Gasteiger partial charge in [-0.2, -0.15) is 5.10 Å². The number of ether oxygens (including phenoxy) is 1. The largest absolute Gasteiger partial charge is 0.451 e. The van der Waals surface area contributed by atoms with Gasteiger partial charge >= 0.3 is 5.97 Å². The summed E-state index contributed by atoms with van der Waals surface area (Å²) in [7, 11) is 0. The Bertz CT molecular complexity index is 945. The lowest BCUT2D eigenvalue weighted by Gasteiger charge is -2.26. The van der Waals surface area contributed by atoms with E-state index in [2.05, 4.69) is 24.3 Å². The quantitative estimate of drug-likeness (QED) is 0.529. The van der Waals surface area contributed by atoms with E-state index in [9.17, 15) is 14.4 Å². The molecule has 1 fully saturated rings. The lowest BCUT2D eigenvalue weighted by Crippen LogP contribution is -2.39. The fraction of sp³-hybridized carbons (Fsp3) is 0.565. The van der Waals surface area contributed by atoms with E-state index in [0.717, 1.165) is 44.9 Å². The molecule has 1 amide bonds. The standard InChI is InChI=1S/C23H31N3O4/c1-3-4-7-14-26-22(28)19-9-6-5-8-18(19)21(25-26)23(29)30-15-20(27)24-17-12-10-16(2)11-13-17/h5-6,8-9,16-17H,3-4,7,10-15H2,1-2H3,(H,24,27). The number of carbonyl (C=O) groups is 2. The van der Waals surface area contributed by atoms with E-state index in [1.807, 2.05) is 0 Å². The number of hydrogen-bond acceptors (Lipinski definition) is 5. The van der Waals surface area contributed by atoms with E-state index in [1.54, 1.807) is 24.3 Å². The van der Waals surface area contributed by atoms with Crippen LogP contribution in [0.2, 0.25) is 0 Å². The molecule has 3 rings (SSSR count). The van der Waals surface area contributed by atoms with Crippen molar-refractivity contribution < 1.29 is 14.3 Å². The van der Waals surface area contributed by atoms with Gasteiger partial charge in [0, 0.05) is 18.0 Å². The molecule has 2 aromatic rings. The van der Waals surface area contributed by atoms with Crippen molar-refractivity contribution in [1.29, 1.82) is 0 Å². The Hall–Kier alpha value is -2.70. The van der Waals surface area contributed by atoms with Crippen LogP contribution in [0.1, 0.15) is 69.3 Å². The Labute approximate surface area is 176 Å². The number of nitrogens with one attached hydrogen (secondary N) is 1. The van der Waals surface area contributed by atoms with Crippen molar-refractivity contribution >= 4 is 22.6 Å². The SMILES string of the molecule is CCCCCn1nc(C(=O)OCC(=O)NC2CCC(C)CC2)c2ccccc2c1=O. The second-order valence-electron chi connectivity index (χ2n) is 8.23. The summed E-state index contributed by atoms with van der Waals surface area (Å²) in [6.07, 6.45) is 6.90. The van der Waals surface area contributed by atoms with Crippen molar-refractivity contribution in [3.05, 3.63) is 40.3 Å². The molecule has 1 aliphatic carbocycles. The van der Waals surface area contributed by atoms with Crippen LogP contribution in [0.5, 0.6) is 0 Å². The van der Waals surface area contributed by atoms with Crippen LogP contribution in [0.15, 0.2) is 29.1 Å². The van der Waals surface area contributed by atoms with E-state index in [1.165, 1.54) is 4.68 Å². The molecule has 1 saturated carbocycles. The first kappa shape index (κ1) is 22.0. The highest BCUT2D eigenvalue weighted by molar-refractivity contribution is 6.02. The van der Waals surface area contributed by atoms with Gasteiger partial charge in [-0.3, -0.25) is 9.59 Å². The highest BCUT2D eigenvalue weighted by Crippen LogP contribution is 2.23. The molecule has 1 heterocycles. The number of fused-ring (bicyclic) bond motifs is 1. The molecule has 1 N–H and O–H groups in total. The van der Waals surface area contributed by atoms with Crippen molar-refractivity contribution in [2.45, 2.75) is 71.4 Å². The molecule has 1 aromatic carbocycles. The van der Waals surface area contributed by atoms with Gasteiger partial charge in [-0.1, -0.05) is 44.9 Å². The smallest absolute Gasteiger partial charge is 0.359 e. The zero-order chi connectivity index (χ0) is 21.5. The second kappa shape index (κ2) is 10.4. The van der Waals surface area contributed by atoms with Gasteiger partial charge in [-0.15, -0.1) is 0 Å². The van der Waals surface area contributed by atoms with Crippen molar-refractivity contribution in [2.24, 2.45) is 5.92 Å². The minimum Gasteiger partial charge on any atom is -0.451 e. The Kier molecular flexibility index (Phi) is 7.60. The molecule has 0 aliphatic heterocycles. The summed E-state index contributed by atoms with van der Waals surface area (Å²) in [5, 5.41) is 8.09. The Morgan fingerprint density at radius 2 is 1.83 bits per heavy atom. The van der Waals surface area contributed by atoms with Gasteiger partial charge in [0.25, 0.3) is 11.5 Å². The first-order chi connectivity index (χ1) is 14.5. The highest BCUT2D eigenvalue weighted by Gasteiger charge is 2.22. The Morgan fingerprint density at radius 3 is 2.53 bits per heavy atom. The van der Waals surface area contributed by atoms with Gasteiger partial charge in [0.15, 0.2) is 12.3 Å². The zero-order valence-electron chi connectivity index (χ0n) is 17.9. The minimum atomic E-state index is -0.692. The van der Waals surface area contributed by atoms with Crippen LogP contribution in [-0.4, -0.2) is 34.3 Å². The molecule has 0 atom stereocenters. The average Bonchev–Trinajstić information content (AvgIpc) is 2.75. The number of hydrogen-bond donors (Lipinski definition) is 1. The molecule has 0 unspecified atom stereocenters. The molecule has 0 radical (unpaired) electrons. The summed E-state index contributed by atoms with van der Waals surface area (Å²) >= 11 is 0. The van der Waals surface area contributed by atoms with Crippen LogP contribution in [-0.2, 0) is 16.1 Å². The third kappa shape index (κ3) is 5.46. The minimum absolute atomic E-state index is 0.0704. The van der Waals surface area contributed by atoms with E-state index in [0.29, 0.717) is 23.2 Å². The first-order valence-electron chi connectivity index (χ1n) is 11.0. The molecule has 1 aromatic heterocycles. The van der Waals surface area contributed by atoms with Crippen LogP contribution < -0.4 is 10.9 Å². The number of aryl methyl sites for hydroxylation is 1. The molecule has 0 bridgehead atoms. The summed E-state index contributed by atoms with van der Waals surface area (Å²) in [5.74, 6) is -0.297. The number of carbonyl (C=O) groups excluding carboxylic acids is 2. The van der Waals surface area contributed by atoms with E-state index < -0.39 is 5.97 Å². The van der Waals surface area contributed by atoms with Crippen LogP contribution in [0.25, 0.3) is 10.8 Å². The van der Waals surface area contributed by atoms with E-state index in [-0.39, 0.29) is 29.8 Å². The molecule has 0 saturated heterocycles. The van der Waals surface area contributed by atoms with Gasteiger partial charge in [-0.25, -0.2) is 9.48 Å². The number of esters is 1. The predicted molar refractivity (Wildman–Crippen MR) is 115 cm³/mol. The molecule has 7 nitrogen and oxygen atoms in total. The molecule has 30 heavy (non-hydrogen) atoms. The molecular formula is C23H31N3O4. The summed E-state index contributed by atoms with van der Waals surface area (Å²) in [6.45, 7) is 4.39. The summed E-state index contributed by atoms with van der Waals surface area (Å²) in [5.41, 5.74) is -0.150. The number of nitrogens with zero attached hydrogens (tertiary/aromatic N) is 2. The molecular weight excluding hydrogens is 382 g/mol. The third-order valence-electron chi connectivity index (χ3n) is 5.75. The predicted octanol–water partition coefficient (Wildman–Crippen LogP) is 3.44. The first-order valence-corrected chi connectivity index (χ1v) is 11.0. The summed E-state index contributed by atoms with van der Waals surface area (Å²) < 4.78 is 6.58. The lowest BCUT2D eigenvalue weighted by molar-refractivity contribution is -0.125. The van der Waals surface area contributed by atoms with Crippen LogP contribution in [0, 0.1) is 5.92 Å². The zero-order valence-corrected chi connectivity index (χ0v) is 17.9. The number of unbranched alkanes of at least 4 members (excludes halogenated alkanes) is 2. The van der Waals surface area contributed by atoms with E-state index in [4.69, 9.17) is 4.74 Å². The van der Waals surface area contributed by atoms with Gasteiger partial charge in [0.2, 0.25) is 0 Å². The van der Waals surface area contributed by atoms with Crippen LogP contribution >= 0.6 is 0 Å². The number of benzene rings is 1. The lowest BCUT2D eigenvalue weighted by atomic mass is 9.87. The third-order valence-corrected chi connectivity index (χ3v) is 5.75. The van der Waals surface area contributed by atoms with Crippen molar-refractivity contribution in [1.82, 2.24) is 15.1 Å². The van der Waals surface area contributed by atoms with Gasteiger partial charge < -0.3 is 10.1 Å². The molecule has 162 valence electrons. The second-order valence-corrected chi connectivity index (χ2v) is 8.23. The maximum absolute atomic E-state index is 12.7. The molecule has 7 heteroatoms. The van der Waals surface area contributed by atoms with Gasteiger partial charge in [0.05, 0.1) is 5.39 Å². The van der Waals surface area contributed by atoms with E-state index >= 15 is 0 Å². The maximum Gasteiger partial charge on any atom is 0.359 e. The van der Waals surface area contributed by atoms with Gasteiger partial charge in [-0.05, 0) is 44.1 Å². The van der Waals surface area contributed by atoms with Crippen LogP contribution in [0.3, 0.4) is 0 Å². The average molecular weight is 414 g/mol. The fourth-order valence-electron chi connectivity index (χ4n) is 3.92. The number of rotatable bonds is 8. The normalized spacial score (nSPS) is 18.9. The fourth-order valence-corrected chi connectivity index (χ4v) is 3.92. The van der Waals surface area contributed by atoms with Gasteiger partial charge in [0.1, 0.15) is 0 Å². The maximum atomic E-state index is 12.7. The van der Waals surface area contributed by atoms with Crippen molar-refractivity contribution in [3.63, 3.8) is 0 Å². The Morgan fingerprint density at radius 1 is 1.13 bits per heavy atom. The van der Waals surface area contributed by atoms with Crippen molar-refractivity contribution in [3.8, 4) is 0 Å². The topological polar surface area (TPSA) is 90.3 Å². The summed E-state index contributed by atoms with van der Waals surface area (Å²) in [4.78, 5) is 37.6. The Balaban J connectivity index is 1.70. The van der Waals surface area contributed by atoms with Crippen LogP contribution in [0.4, 0.5) is 0 Å². The number of amides is 1. The monoisotopic (exact) mass is 413 g/mol. The van der Waals surface area contributed by atoms with Crippen molar-refractivity contribution in [2.75, 3.05) is 6.61 Å². The number of aromatic nitrogens is 2.